The summed E-state index contributed by atoms with van der Waals surface area (Å²) in [6, 6.07) is 8.71. The maximum Gasteiger partial charge on any atom is 0.321 e. The molecule has 2 aliphatic rings. The van der Waals surface area contributed by atoms with Gasteiger partial charge in [0.05, 0.1) is 10.7 Å². The van der Waals surface area contributed by atoms with E-state index < -0.39 is 0 Å². The van der Waals surface area contributed by atoms with E-state index in [1.807, 2.05) is 30.1 Å². The molecule has 0 saturated carbocycles. The van der Waals surface area contributed by atoms with Crippen molar-refractivity contribution in [2.75, 3.05) is 12.4 Å². The van der Waals surface area contributed by atoms with Gasteiger partial charge in [0.25, 0.3) is 0 Å². The normalized spacial score (nSPS) is 28.2. The van der Waals surface area contributed by atoms with Crippen molar-refractivity contribution in [1.82, 2.24) is 10.2 Å². The second-order valence-corrected chi connectivity index (χ2v) is 6.19. The van der Waals surface area contributed by atoms with E-state index in [-0.39, 0.29) is 6.03 Å². The summed E-state index contributed by atoms with van der Waals surface area (Å²) in [5, 5.41) is 7.05. The van der Waals surface area contributed by atoms with Gasteiger partial charge in [0.1, 0.15) is 0 Å². The van der Waals surface area contributed by atoms with Crippen molar-refractivity contribution in [2.45, 2.75) is 43.8 Å². The fraction of sp³-hybridized carbons (Fsp3) is 0.533. The van der Waals surface area contributed by atoms with E-state index in [4.69, 9.17) is 11.6 Å². The van der Waals surface area contributed by atoms with Crippen molar-refractivity contribution in [1.29, 1.82) is 0 Å². The molecule has 2 bridgehead atoms. The first kappa shape index (κ1) is 13.7. The fourth-order valence-electron chi connectivity index (χ4n) is 3.28. The average Bonchev–Trinajstić information content (AvgIpc) is 2.79. The number of para-hydroxylation sites is 1. The number of carbonyl (C=O) groups excluding carboxylic acids is 1. The lowest BCUT2D eigenvalue weighted by Crippen LogP contribution is -2.49. The molecule has 2 amide bonds. The zero-order valence-corrected chi connectivity index (χ0v) is 12.4. The number of hydrogen-bond donors (Lipinski definition) is 2. The number of nitrogens with one attached hydrogen (secondary N) is 2. The first-order chi connectivity index (χ1) is 9.63. The Balaban J connectivity index is 1.63. The van der Waals surface area contributed by atoms with Crippen molar-refractivity contribution in [2.24, 2.45) is 0 Å². The van der Waals surface area contributed by atoms with Crippen molar-refractivity contribution in [3.05, 3.63) is 29.3 Å². The molecule has 2 N–H and O–H groups in total. The minimum Gasteiger partial charge on any atom is -0.324 e. The largest absolute Gasteiger partial charge is 0.324 e. The van der Waals surface area contributed by atoms with Gasteiger partial charge in [0.2, 0.25) is 0 Å². The summed E-state index contributed by atoms with van der Waals surface area (Å²) < 4.78 is 0. The molecular weight excluding hydrogens is 274 g/mol. The Morgan fingerprint density at radius 2 is 1.95 bits per heavy atom. The highest BCUT2D eigenvalue weighted by atomic mass is 35.5. The molecule has 5 heteroatoms. The maximum absolute atomic E-state index is 12.3. The molecule has 2 fully saturated rings. The van der Waals surface area contributed by atoms with Gasteiger partial charge in [-0.3, -0.25) is 0 Å². The highest BCUT2D eigenvalue weighted by Gasteiger charge is 2.36. The summed E-state index contributed by atoms with van der Waals surface area (Å²) in [4.78, 5) is 14.2. The number of nitrogens with zero attached hydrogens (tertiary/aromatic N) is 1. The van der Waals surface area contributed by atoms with Gasteiger partial charge in [-0.25, -0.2) is 4.79 Å². The Morgan fingerprint density at radius 1 is 1.30 bits per heavy atom. The van der Waals surface area contributed by atoms with Crippen molar-refractivity contribution in [3.8, 4) is 0 Å². The first-order valence-electron chi connectivity index (χ1n) is 7.18. The van der Waals surface area contributed by atoms with Crippen LogP contribution in [-0.4, -0.2) is 36.1 Å². The Kier molecular flexibility index (Phi) is 3.85. The third-order valence-corrected chi connectivity index (χ3v) is 4.76. The molecule has 0 spiro atoms. The van der Waals surface area contributed by atoms with Crippen LogP contribution in [0.2, 0.25) is 5.02 Å². The highest BCUT2D eigenvalue weighted by molar-refractivity contribution is 6.33. The van der Waals surface area contributed by atoms with Gasteiger partial charge in [0, 0.05) is 25.2 Å². The van der Waals surface area contributed by atoms with Gasteiger partial charge in [-0.05, 0) is 37.8 Å². The van der Waals surface area contributed by atoms with Crippen LogP contribution in [0.4, 0.5) is 10.5 Å². The van der Waals surface area contributed by atoms with Crippen LogP contribution in [0, 0.1) is 0 Å². The molecular formula is C15H20ClN3O. The first-order valence-corrected chi connectivity index (χ1v) is 7.55. The van der Waals surface area contributed by atoms with E-state index in [0.29, 0.717) is 28.8 Å². The molecule has 2 unspecified atom stereocenters. The van der Waals surface area contributed by atoms with E-state index in [2.05, 4.69) is 10.6 Å². The number of anilines is 1. The topological polar surface area (TPSA) is 44.4 Å². The van der Waals surface area contributed by atoms with Crippen LogP contribution < -0.4 is 10.6 Å². The number of amides is 2. The summed E-state index contributed by atoms with van der Waals surface area (Å²) in [5.41, 5.74) is 0.669. The zero-order valence-electron chi connectivity index (χ0n) is 11.6. The fourth-order valence-corrected chi connectivity index (χ4v) is 3.46. The molecule has 108 valence electrons. The van der Waals surface area contributed by atoms with Gasteiger partial charge < -0.3 is 15.5 Å². The second kappa shape index (κ2) is 5.62. The van der Waals surface area contributed by atoms with E-state index in [1.165, 1.54) is 12.8 Å². The zero-order chi connectivity index (χ0) is 14.1. The monoisotopic (exact) mass is 293 g/mol. The summed E-state index contributed by atoms with van der Waals surface area (Å²) in [5.74, 6) is 0. The summed E-state index contributed by atoms with van der Waals surface area (Å²) in [6.45, 7) is 0. The summed E-state index contributed by atoms with van der Waals surface area (Å²) >= 11 is 6.07. The Morgan fingerprint density at radius 3 is 2.60 bits per heavy atom. The molecule has 0 aromatic heterocycles. The second-order valence-electron chi connectivity index (χ2n) is 5.78. The molecule has 20 heavy (non-hydrogen) atoms. The van der Waals surface area contributed by atoms with Gasteiger partial charge >= 0.3 is 6.03 Å². The average molecular weight is 294 g/mol. The highest BCUT2D eigenvalue weighted by Crippen LogP contribution is 2.29. The smallest absolute Gasteiger partial charge is 0.321 e. The molecule has 2 heterocycles. The molecule has 2 aliphatic heterocycles. The minimum atomic E-state index is -0.0793. The lowest BCUT2D eigenvalue weighted by atomic mass is 9.99. The SMILES string of the molecule is CN(C(=O)Nc1ccccc1Cl)C1CC2CCC(C1)N2. The van der Waals surface area contributed by atoms with Gasteiger partial charge in [-0.15, -0.1) is 0 Å². The van der Waals surface area contributed by atoms with Crippen molar-refractivity contribution < 1.29 is 4.79 Å². The molecule has 0 radical (unpaired) electrons. The van der Waals surface area contributed by atoms with Crippen molar-refractivity contribution in [3.63, 3.8) is 0 Å². The minimum absolute atomic E-state index is 0.0793. The number of hydrogen-bond acceptors (Lipinski definition) is 2. The van der Waals surface area contributed by atoms with Gasteiger partial charge in [0.15, 0.2) is 0 Å². The van der Waals surface area contributed by atoms with E-state index in [0.717, 1.165) is 12.8 Å². The number of piperidine rings is 1. The Hall–Kier alpha value is -1.26. The number of rotatable bonds is 2. The van der Waals surface area contributed by atoms with Crippen LogP contribution in [-0.2, 0) is 0 Å². The molecule has 1 aromatic rings. The van der Waals surface area contributed by atoms with Crippen LogP contribution in [0.3, 0.4) is 0 Å². The standard InChI is InChI=1S/C15H20ClN3O/c1-19(12-8-10-6-7-11(9-12)17-10)15(20)18-14-5-3-2-4-13(14)16/h2-5,10-12,17H,6-9H2,1H3,(H,18,20). The van der Waals surface area contributed by atoms with Crippen molar-refractivity contribution >= 4 is 23.3 Å². The van der Waals surface area contributed by atoms with Crippen LogP contribution in [0.1, 0.15) is 25.7 Å². The quantitative estimate of drug-likeness (QED) is 0.880. The number of halogens is 1. The number of fused-ring (bicyclic) bond motifs is 2. The maximum atomic E-state index is 12.3. The van der Waals surface area contributed by atoms with Gasteiger partial charge in [-0.1, -0.05) is 23.7 Å². The van der Waals surface area contributed by atoms with E-state index in [1.54, 1.807) is 6.07 Å². The third kappa shape index (κ3) is 2.76. The number of benzene rings is 1. The Labute approximate surface area is 124 Å². The molecule has 1 aromatic carbocycles. The number of carbonyl (C=O) groups is 1. The van der Waals surface area contributed by atoms with Crippen LogP contribution in [0.15, 0.2) is 24.3 Å². The van der Waals surface area contributed by atoms with Crippen LogP contribution in [0.5, 0.6) is 0 Å². The van der Waals surface area contributed by atoms with E-state index >= 15 is 0 Å². The van der Waals surface area contributed by atoms with E-state index in [9.17, 15) is 4.79 Å². The van der Waals surface area contributed by atoms with Gasteiger partial charge in [-0.2, -0.15) is 0 Å². The summed E-state index contributed by atoms with van der Waals surface area (Å²) in [6.07, 6.45) is 4.56. The molecule has 0 aliphatic carbocycles. The molecule has 2 atom stereocenters. The number of urea groups is 1. The predicted octanol–water partition coefficient (Wildman–Crippen LogP) is 3.09. The predicted molar refractivity (Wildman–Crippen MR) is 81.2 cm³/mol. The molecule has 3 rings (SSSR count). The Bertz CT molecular complexity index is 496. The molecule has 2 saturated heterocycles. The van der Waals surface area contributed by atoms with Crippen LogP contribution in [0.25, 0.3) is 0 Å². The third-order valence-electron chi connectivity index (χ3n) is 4.43. The van der Waals surface area contributed by atoms with Crippen LogP contribution >= 0.6 is 11.6 Å². The lowest BCUT2D eigenvalue weighted by molar-refractivity contribution is 0.176. The molecule has 4 nitrogen and oxygen atoms in total. The summed E-state index contributed by atoms with van der Waals surface area (Å²) in [7, 11) is 1.88. The lowest BCUT2D eigenvalue weighted by Gasteiger charge is -2.35.